The molecule has 4 nitrogen and oxygen atoms in total. The third kappa shape index (κ3) is 5.51. The maximum absolute atomic E-state index is 10.6. The summed E-state index contributed by atoms with van der Waals surface area (Å²) in [5.74, 6) is 0.230. The number of aliphatic carboxylic acids is 1. The lowest BCUT2D eigenvalue weighted by Crippen LogP contribution is -2.41. The fourth-order valence-electron chi connectivity index (χ4n) is 3.44. The van der Waals surface area contributed by atoms with Crippen molar-refractivity contribution in [3.05, 3.63) is 60.2 Å². The van der Waals surface area contributed by atoms with Crippen LogP contribution in [-0.2, 0) is 11.2 Å². The summed E-state index contributed by atoms with van der Waals surface area (Å²) >= 11 is 0. The molecule has 0 unspecified atom stereocenters. The molecule has 2 aromatic rings. The molecule has 3 rings (SSSR count). The van der Waals surface area contributed by atoms with E-state index in [1.807, 2.05) is 30.3 Å². The Kier molecular flexibility index (Phi) is 6.53. The number of rotatable bonds is 8. The molecule has 1 fully saturated rings. The van der Waals surface area contributed by atoms with E-state index in [2.05, 4.69) is 29.2 Å². The summed E-state index contributed by atoms with van der Waals surface area (Å²) in [6.45, 7) is 1.97. The third-order valence-corrected chi connectivity index (χ3v) is 4.83. The Bertz CT molecular complexity index is 684. The maximum atomic E-state index is 10.6. The van der Waals surface area contributed by atoms with Crippen molar-refractivity contribution < 1.29 is 14.6 Å². The van der Waals surface area contributed by atoms with Gasteiger partial charge in [-0.25, -0.2) is 0 Å². The summed E-state index contributed by atoms with van der Waals surface area (Å²) in [5, 5.41) is 8.69. The number of aryl methyl sites for hydroxylation is 1. The van der Waals surface area contributed by atoms with E-state index >= 15 is 0 Å². The molecular formula is C22H27NO3. The molecule has 1 aliphatic heterocycles. The number of anilines is 1. The van der Waals surface area contributed by atoms with Crippen molar-refractivity contribution in [2.75, 3.05) is 18.0 Å². The van der Waals surface area contributed by atoms with Gasteiger partial charge < -0.3 is 14.7 Å². The largest absolute Gasteiger partial charge is 0.489 e. The summed E-state index contributed by atoms with van der Waals surface area (Å²) < 4.78 is 6.13. The van der Waals surface area contributed by atoms with E-state index in [0.29, 0.717) is 0 Å². The van der Waals surface area contributed by atoms with Crippen molar-refractivity contribution >= 4 is 11.7 Å². The summed E-state index contributed by atoms with van der Waals surface area (Å²) in [7, 11) is 0. The molecule has 26 heavy (non-hydrogen) atoms. The van der Waals surface area contributed by atoms with Crippen molar-refractivity contribution in [1.29, 1.82) is 0 Å². The highest BCUT2D eigenvalue weighted by molar-refractivity contribution is 5.66. The highest BCUT2D eigenvalue weighted by Gasteiger charge is 2.21. The average Bonchev–Trinajstić information content (AvgIpc) is 2.67. The zero-order valence-corrected chi connectivity index (χ0v) is 15.1. The van der Waals surface area contributed by atoms with Crippen LogP contribution in [0, 0.1) is 0 Å². The predicted octanol–water partition coefficient (Wildman–Crippen LogP) is 4.53. The van der Waals surface area contributed by atoms with Crippen LogP contribution in [0.1, 0.15) is 37.7 Å². The van der Waals surface area contributed by atoms with Gasteiger partial charge in [0.25, 0.3) is 0 Å². The summed E-state index contributed by atoms with van der Waals surface area (Å²) in [5.41, 5.74) is 2.51. The number of benzene rings is 2. The number of para-hydroxylation sites is 1. The van der Waals surface area contributed by atoms with Crippen LogP contribution < -0.4 is 9.64 Å². The predicted molar refractivity (Wildman–Crippen MR) is 104 cm³/mol. The van der Waals surface area contributed by atoms with Gasteiger partial charge in [-0.15, -0.1) is 0 Å². The minimum Gasteiger partial charge on any atom is -0.489 e. The van der Waals surface area contributed by atoms with Gasteiger partial charge in [0, 0.05) is 18.7 Å². The Labute approximate surface area is 155 Å². The molecule has 0 aromatic heterocycles. The van der Waals surface area contributed by atoms with E-state index in [4.69, 9.17) is 9.84 Å². The van der Waals surface area contributed by atoms with Gasteiger partial charge in [-0.1, -0.05) is 30.3 Å². The van der Waals surface area contributed by atoms with Gasteiger partial charge in [-0.05, 0) is 61.9 Å². The molecule has 4 heteroatoms. The second-order valence-electron chi connectivity index (χ2n) is 6.91. The molecule has 138 valence electrons. The van der Waals surface area contributed by atoms with Crippen LogP contribution in [0.5, 0.6) is 5.75 Å². The minimum absolute atomic E-state index is 0.224. The fraction of sp³-hybridized carbons (Fsp3) is 0.409. The van der Waals surface area contributed by atoms with Gasteiger partial charge in [0.05, 0.1) is 6.54 Å². The lowest BCUT2D eigenvalue weighted by atomic mass is 10.0. The molecule has 0 saturated carbocycles. The van der Waals surface area contributed by atoms with E-state index in [-0.39, 0.29) is 12.5 Å². The zero-order valence-electron chi connectivity index (χ0n) is 15.1. The van der Waals surface area contributed by atoms with E-state index in [0.717, 1.165) is 50.9 Å². The van der Waals surface area contributed by atoms with Gasteiger partial charge in [0.2, 0.25) is 0 Å². The second-order valence-corrected chi connectivity index (χ2v) is 6.91. The number of carboxylic acid groups (broad SMARTS) is 1. The van der Waals surface area contributed by atoms with E-state index < -0.39 is 5.97 Å². The van der Waals surface area contributed by atoms with Crippen molar-refractivity contribution in [1.82, 2.24) is 0 Å². The zero-order chi connectivity index (χ0) is 18.2. The summed E-state index contributed by atoms with van der Waals surface area (Å²) in [6.07, 6.45) is 5.30. The van der Waals surface area contributed by atoms with Crippen molar-refractivity contribution in [2.24, 2.45) is 0 Å². The molecule has 1 N–H and O–H groups in total. The smallest absolute Gasteiger partial charge is 0.303 e. The number of carbonyl (C=O) groups is 1. The molecule has 1 saturated heterocycles. The van der Waals surface area contributed by atoms with E-state index in [9.17, 15) is 4.79 Å². The minimum atomic E-state index is -0.710. The monoisotopic (exact) mass is 353 g/mol. The van der Waals surface area contributed by atoms with Gasteiger partial charge in [0.15, 0.2) is 0 Å². The van der Waals surface area contributed by atoms with Crippen molar-refractivity contribution in [3.63, 3.8) is 0 Å². The first-order valence-electron chi connectivity index (χ1n) is 9.48. The first-order valence-corrected chi connectivity index (χ1v) is 9.48. The van der Waals surface area contributed by atoms with Crippen molar-refractivity contribution in [2.45, 2.75) is 44.6 Å². The number of carboxylic acids is 1. The topological polar surface area (TPSA) is 49.8 Å². The molecule has 1 heterocycles. The first-order chi connectivity index (χ1) is 12.7. The quantitative estimate of drug-likeness (QED) is 0.708. The van der Waals surface area contributed by atoms with Crippen LogP contribution in [0.4, 0.5) is 5.69 Å². The van der Waals surface area contributed by atoms with Crippen LogP contribution in [0.2, 0.25) is 0 Å². The number of piperidine rings is 1. The van der Waals surface area contributed by atoms with Crippen LogP contribution in [-0.4, -0.2) is 30.3 Å². The number of hydrogen-bond acceptors (Lipinski definition) is 3. The Hall–Kier alpha value is -2.49. The highest BCUT2D eigenvalue weighted by atomic mass is 16.5. The number of hydrogen-bond donors (Lipinski definition) is 1. The SMILES string of the molecule is O=C(O)CCCCc1ccc(N2CCC[C@@H](Oc3ccccc3)C2)cc1. The Morgan fingerprint density at radius 2 is 1.85 bits per heavy atom. The lowest BCUT2D eigenvalue weighted by Gasteiger charge is -2.34. The standard InChI is InChI=1S/C22H27NO3/c24-22(25)11-5-4-7-18-12-14-19(15-13-18)23-16-6-10-21(17-23)26-20-8-2-1-3-9-20/h1-3,8-9,12-15,21H,4-7,10-11,16-17H2,(H,24,25)/t21-/m1/s1. The second kappa shape index (κ2) is 9.27. The highest BCUT2D eigenvalue weighted by Crippen LogP contribution is 2.24. The summed E-state index contributed by atoms with van der Waals surface area (Å²) in [4.78, 5) is 13.0. The Morgan fingerprint density at radius 1 is 1.08 bits per heavy atom. The van der Waals surface area contributed by atoms with Gasteiger partial charge in [-0.2, -0.15) is 0 Å². The van der Waals surface area contributed by atoms with Crippen LogP contribution in [0.15, 0.2) is 54.6 Å². The molecule has 2 aromatic carbocycles. The summed E-state index contributed by atoms with van der Waals surface area (Å²) in [6, 6.07) is 18.7. The van der Waals surface area contributed by atoms with Gasteiger partial charge in [0.1, 0.15) is 11.9 Å². The lowest BCUT2D eigenvalue weighted by molar-refractivity contribution is -0.137. The molecule has 1 atom stereocenters. The normalized spacial score (nSPS) is 17.1. The third-order valence-electron chi connectivity index (χ3n) is 4.83. The molecule has 0 amide bonds. The van der Waals surface area contributed by atoms with Crippen LogP contribution in [0.3, 0.4) is 0 Å². The molecule has 0 spiro atoms. The molecule has 0 radical (unpaired) electrons. The molecule has 0 bridgehead atoms. The molecular weight excluding hydrogens is 326 g/mol. The Morgan fingerprint density at radius 3 is 2.58 bits per heavy atom. The number of unbranched alkanes of at least 4 members (excludes halogenated alkanes) is 1. The number of ether oxygens (including phenoxy) is 1. The van der Waals surface area contributed by atoms with Crippen molar-refractivity contribution in [3.8, 4) is 5.75 Å². The van der Waals surface area contributed by atoms with Gasteiger partial charge >= 0.3 is 5.97 Å². The van der Waals surface area contributed by atoms with Gasteiger partial charge in [-0.3, -0.25) is 4.79 Å². The Balaban J connectivity index is 1.51. The number of nitrogens with zero attached hydrogens (tertiary/aromatic N) is 1. The maximum Gasteiger partial charge on any atom is 0.303 e. The molecule has 0 aliphatic carbocycles. The van der Waals surface area contributed by atoms with Crippen LogP contribution >= 0.6 is 0 Å². The van der Waals surface area contributed by atoms with E-state index in [1.165, 1.54) is 11.3 Å². The average molecular weight is 353 g/mol. The molecule has 1 aliphatic rings. The fourth-order valence-corrected chi connectivity index (χ4v) is 3.44. The van der Waals surface area contributed by atoms with Crippen LogP contribution in [0.25, 0.3) is 0 Å². The van der Waals surface area contributed by atoms with E-state index in [1.54, 1.807) is 0 Å². The first kappa shape index (κ1) is 18.3.